The van der Waals surface area contributed by atoms with E-state index in [1.807, 2.05) is 24.0 Å². The van der Waals surface area contributed by atoms with Crippen LogP contribution in [0.5, 0.6) is 0 Å². The van der Waals surface area contributed by atoms with Crippen LogP contribution in [0.4, 0.5) is 10.5 Å². The van der Waals surface area contributed by atoms with E-state index in [0.29, 0.717) is 24.7 Å². The van der Waals surface area contributed by atoms with Crippen molar-refractivity contribution in [2.24, 2.45) is 0 Å². The molecule has 0 N–H and O–H groups in total. The van der Waals surface area contributed by atoms with Crippen LogP contribution in [0.3, 0.4) is 0 Å². The summed E-state index contributed by atoms with van der Waals surface area (Å²) in [6, 6.07) is 5.64. The highest BCUT2D eigenvalue weighted by molar-refractivity contribution is 7.11. The van der Waals surface area contributed by atoms with Gasteiger partial charge < -0.3 is 14.5 Å². The number of halogens is 1. The summed E-state index contributed by atoms with van der Waals surface area (Å²) in [6.07, 6.45) is 2.50. The number of carbonyl (C=O) groups is 2. The lowest BCUT2D eigenvalue weighted by molar-refractivity contribution is -0.118. The number of amides is 2. The van der Waals surface area contributed by atoms with E-state index in [0.717, 1.165) is 27.6 Å². The number of methoxy groups -OCH3 is 1. The number of benzene rings is 1. The van der Waals surface area contributed by atoms with Gasteiger partial charge in [0.1, 0.15) is 5.01 Å². The van der Waals surface area contributed by atoms with Gasteiger partial charge in [0, 0.05) is 46.8 Å². The maximum atomic E-state index is 13.0. The molecule has 27 heavy (non-hydrogen) atoms. The zero-order chi connectivity index (χ0) is 19.2. The van der Waals surface area contributed by atoms with Crippen molar-refractivity contribution in [1.29, 1.82) is 0 Å². The summed E-state index contributed by atoms with van der Waals surface area (Å²) >= 11 is 7.79. The van der Waals surface area contributed by atoms with Gasteiger partial charge in [0.05, 0.1) is 13.5 Å². The van der Waals surface area contributed by atoms with E-state index >= 15 is 0 Å². The number of thiazole rings is 1. The minimum absolute atomic E-state index is 0.0151. The Morgan fingerprint density at radius 1 is 1.37 bits per heavy atom. The number of hydrogen-bond acceptors (Lipinski definition) is 5. The molecule has 0 saturated carbocycles. The number of rotatable bonds is 2. The van der Waals surface area contributed by atoms with Crippen molar-refractivity contribution in [1.82, 2.24) is 9.88 Å². The highest BCUT2D eigenvalue weighted by Gasteiger charge is 2.50. The second-order valence-electron chi connectivity index (χ2n) is 7.10. The molecular weight excluding hydrogens is 386 g/mol. The fourth-order valence-corrected chi connectivity index (χ4v) is 5.03. The SMILES string of the molecule is COC(=O)N1CC[C@@]2(C1)CN(C(=O)Cc1ncc(C)s1)c1ccc(Cl)cc12. The van der Waals surface area contributed by atoms with Crippen molar-refractivity contribution in [3.63, 3.8) is 0 Å². The molecule has 0 unspecified atom stereocenters. The lowest BCUT2D eigenvalue weighted by Gasteiger charge is -2.25. The average molecular weight is 406 g/mol. The van der Waals surface area contributed by atoms with Crippen LogP contribution in [-0.4, -0.2) is 48.6 Å². The lowest BCUT2D eigenvalue weighted by Crippen LogP contribution is -2.40. The summed E-state index contributed by atoms with van der Waals surface area (Å²) in [6.45, 7) is 3.65. The molecular formula is C19H20ClN3O3S. The summed E-state index contributed by atoms with van der Waals surface area (Å²) in [7, 11) is 1.39. The highest BCUT2D eigenvalue weighted by atomic mass is 35.5. The summed E-state index contributed by atoms with van der Waals surface area (Å²) in [4.78, 5) is 33.9. The van der Waals surface area contributed by atoms with Gasteiger partial charge in [0.2, 0.25) is 5.91 Å². The largest absolute Gasteiger partial charge is 0.453 e. The van der Waals surface area contributed by atoms with Crippen molar-refractivity contribution in [3.05, 3.63) is 44.9 Å². The van der Waals surface area contributed by atoms with Crippen LogP contribution < -0.4 is 4.90 Å². The third-order valence-corrected chi connectivity index (χ3v) is 6.49. The molecule has 1 spiro atoms. The number of hydrogen-bond donors (Lipinski definition) is 0. The first-order valence-electron chi connectivity index (χ1n) is 8.76. The molecule has 1 atom stereocenters. The van der Waals surface area contributed by atoms with Crippen LogP contribution in [0.25, 0.3) is 0 Å². The minimum atomic E-state index is -0.335. The third-order valence-electron chi connectivity index (χ3n) is 5.34. The van der Waals surface area contributed by atoms with Crippen LogP contribution in [0.2, 0.25) is 5.02 Å². The Morgan fingerprint density at radius 3 is 2.89 bits per heavy atom. The zero-order valence-corrected chi connectivity index (χ0v) is 16.8. The molecule has 2 aliphatic rings. The standard InChI is InChI=1S/C19H20ClN3O3S/c1-12-9-21-16(27-12)8-17(24)23-11-19(5-6-22(10-19)18(25)26-2)14-7-13(20)3-4-15(14)23/h3-4,7,9H,5-6,8,10-11H2,1-2H3/t19-/m1/s1. The zero-order valence-electron chi connectivity index (χ0n) is 15.2. The topological polar surface area (TPSA) is 62.7 Å². The molecule has 6 nitrogen and oxygen atoms in total. The van der Waals surface area contributed by atoms with Gasteiger partial charge in [-0.05, 0) is 37.1 Å². The van der Waals surface area contributed by atoms with Crippen LogP contribution in [0.1, 0.15) is 21.9 Å². The number of ether oxygens (including phenoxy) is 1. The number of aryl methyl sites for hydroxylation is 1. The first-order chi connectivity index (χ1) is 12.9. The van der Waals surface area contributed by atoms with E-state index in [4.69, 9.17) is 16.3 Å². The van der Waals surface area contributed by atoms with Gasteiger partial charge >= 0.3 is 6.09 Å². The molecule has 4 rings (SSSR count). The molecule has 2 amide bonds. The second-order valence-corrected chi connectivity index (χ2v) is 8.86. The maximum Gasteiger partial charge on any atom is 0.409 e. The van der Waals surface area contributed by atoms with Gasteiger partial charge in [0.15, 0.2) is 0 Å². The molecule has 0 radical (unpaired) electrons. The number of aromatic nitrogens is 1. The van der Waals surface area contributed by atoms with Crippen LogP contribution in [0.15, 0.2) is 24.4 Å². The Kier molecular flexibility index (Phi) is 4.60. The Hall–Kier alpha value is -2.12. The summed E-state index contributed by atoms with van der Waals surface area (Å²) in [5.41, 5.74) is 1.61. The Morgan fingerprint density at radius 2 is 2.19 bits per heavy atom. The van der Waals surface area contributed by atoms with Gasteiger partial charge in [-0.2, -0.15) is 0 Å². The van der Waals surface area contributed by atoms with Gasteiger partial charge in [-0.15, -0.1) is 11.3 Å². The predicted octanol–water partition coefficient (Wildman–Crippen LogP) is 3.40. The first-order valence-corrected chi connectivity index (χ1v) is 9.96. The average Bonchev–Trinajstić information content (AvgIpc) is 3.34. The summed E-state index contributed by atoms with van der Waals surface area (Å²) < 4.78 is 4.88. The number of fused-ring (bicyclic) bond motifs is 2. The van der Waals surface area contributed by atoms with Crippen molar-refractivity contribution in [3.8, 4) is 0 Å². The Bertz CT molecular complexity index is 915. The molecule has 0 bridgehead atoms. The fraction of sp³-hybridized carbons (Fsp3) is 0.421. The number of nitrogens with zero attached hydrogens (tertiary/aromatic N) is 3. The predicted molar refractivity (Wildman–Crippen MR) is 105 cm³/mol. The van der Waals surface area contributed by atoms with Crippen molar-refractivity contribution >= 4 is 40.6 Å². The third kappa shape index (κ3) is 3.19. The molecule has 3 heterocycles. The number of carbonyl (C=O) groups excluding carboxylic acids is 2. The number of likely N-dealkylation sites (tertiary alicyclic amines) is 1. The Labute approximate surface area is 166 Å². The minimum Gasteiger partial charge on any atom is -0.453 e. The van der Waals surface area contributed by atoms with Crippen LogP contribution in [0, 0.1) is 6.92 Å². The van der Waals surface area contributed by atoms with Crippen molar-refractivity contribution in [2.75, 3.05) is 31.6 Å². The molecule has 1 aromatic heterocycles. The van der Waals surface area contributed by atoms with Gasteiger partial charge in [0.25, 0.3) is 0 Å². The molecule has 142 valence electrons. The quantitative estimate of drug-likeness (QED) is 0.768. The van der Waals surface area contributed by atoms with E-state index in [9.17, 15) is 9.59 Å². The lowest BCUT2D eigenvalue weighted by atomic mass is 9.81. The van der Waals surface area contributed by atoms with Gasteiger partial charge in [-0.25, -0.2) is 9.78 Å². The van der Waals surface area contributed by atoms with E-state index in [1.54, 1.807) is 28.5 Å². The Balaban J connectivity index is 1.64. The molecule has 0 aliphatic carbocycles. The molecule has 1 aromatic carbocycles. The van der Waals surface area contributed by atoms with Crippen LogP contribution >= 0.6 is 22.9 Å². The summed E-state index contributed by atoms with van der Waals surface area (Å²) in [5, 5.41) is 1.45. The first kappa shape index (κ1) is 18.3. The highest BCUT2D eigenvalue weighted by Crippen LogP contribution is 2.47. The second kappa shape index (κ2) is 6.80. The summed E-state index contributed by atoms with van der Waals surface area (Å²) in [5.74, 6) is 0.0151. The van der Waals surface area contributed by atoms with E-state index in [-0.39, 0.29) is 23.8 Å². The van der Waals surface area contributed by atoms with E-state index in [1.165, 1.54) is 7.11 Å². The molecule has 2 aliphatic heterocycles. The van der Waals surface area contributed by atoms with Crippen LogP contribution in [-0.2, 0) is 21.4 Å². The fourth-order valence-electron chi connectivity index (χ4n) is 4.08. The van der Waals surface area contributed by atoms with Gasteiger partial charge in [-0.1, -0.05) is 11.6 Å². The van der Waals surface area contributed by atoms with Crippen molar-refractivity contribution in [2.45, 2.75) is 25.2 Å². The molecule has 1 saturated heterocycles. The van der Waals surface area contributed by atoms with E-state index < -0.39 is 0 Å². The monoisotopic (exact) mass is 405 g/mol. The molecule has 2 aromatic rings. The molecule has 8 heteroatoms. The smallest absolute Gasteiger partial charge is 0.409 e. The molecule has 1 fully saturated rings. The van der Waals surface area contributed by atoms with Gasteiger partial charge in [-0.3, -0.25) is 4.79 Å². The maximum absolute atomic E-state index is 13.0. The van der Waals surface area contributed by atoms with E-state index in [2.05, 4.69) is 4.98 Å². The normalized spacial score (nSPS) is 21.0. The number of anilines is 1. The van der Waals surface area contributed by atoms with Crippen molar-refractivity contribution < 1.29 is 14.3 Å².